The second kappa shape index (κ2) is 4.37. The third-order valence-corrected chi connectivity index (χ3v) is 3.14. The number of pyridine rings is 1. The fourth-order valence-corrected chi connectivity index (χ4v) is 1.71. The molecule has 1 aliphatic heterocycles. The molecule has 0 aromatic carbocycles. The van der Waals surface area contributed by atoms with E-state index in [0.29, 0.717) is 11.2 Å². The van der Waals surface area contributed by atoms with Gasteiger partial charge in [0.25, 0.3) is 0 Å². The fourth-order valence-electron chi connectivity index (χ4n) is 1.61. The number of nitrogens with zero attached hydrogens (tertiary/aromatic N) is 1. The molecule has 1 aromatic heterocycles. The summed E-state index contributed by atoms with van der Waals surface area (Å²) < 4.78 is 5.77. The number of aryl methyl sites for hydroxylation is 1. The molecule has 1 saturated heterocycles. The topological polar surface area (TPSA) is 34.1 Å². The monoisotopic (exact) mass is 226 g/mol. The zero-order valence-corrected chi connectivity index (χ0v) is 9.71. The minimum atomic E-state index is 0.182. The highest BCUT2D eigenvalue weighted by Gasteiger charge is 2.24. The first-order chi connectivity index (χ1) is 7.16. The molecule has 15 heavy (non-hydrogen) atoms. The van der Waals surface area contributed by atoms with Gasteiger partial charge in [-0.1, -0.05) is 11.6 Å². The SMILES string of the molecule is Cc1cc(OC(C)[C@@H]2CCN2)cnc1Cl. The van der Waals surface area contributed by atoms with Gasteiger partial charge in [0.15, 0.2) is 0 Å². The van der Waals surface area contributed by atoms with Crippen LogP contribution in [0.4, 0.5) is 0 Å². The van der Waals surface area contributed by atoms with Crippen molar-refractivity contribution in [3.8, 4) is 5.75 Å². The number of aromatic nitrogens is 1. The van der Waals surface area contributed by atoms with E-state index in [9.17, 15) is 0 Å². The maximum absolute atomic E-state index is 5.84. The zero-order valence-electron chi connectivity index (χ0n) is 8.96. The molecule has 1 fully saturated rings. The predicted octanol–water partition coefficient (Wildman–Crippen LogP) is 2.17. The summed E-state index contributed by atoms with van der Waals surface area (Å²) in [6.45, 7) is 5.09. The van der Waals surface area contributed by atoms with Crippen molar-refractivity contribution in [2.45, 2.75) is 32.4 Å². The van der Waals surface area contributed by atoms with Crippen LogP contribution in [-0.4, -0.2) is 23.7 Å². The Kier molecular flexibility index (Phi) is 3.12. The van der Waals surface area contributed by atoms with Crippen molar-refractivity contribution >= 4 is 11.6 Å². The van der Waals surface area contributed by atoms with Crippen LogP contribution in [0.2, 0.25) is 5.15 Å². The zero-order chi connectivity index (χ0) is 10.8. The summed E-state index contributed by atoms with van der Waals surface area (Å²) in [5, 5.41) is 3.86. The highest BCUT2D eigenvalue weighted by atomic mass is 35.5. The van der Waals surface area contributed by atoms with Gasteiger partial charge in [0.2, 0.25) is 0 Å². The Morgan fingerprint density at radius 3 is 2.93 bits per heavy atom. The number of ether oxygens (including phenoxy) is 1. The Balaban J connectivity index is 2.00. The minimum Gasteiger partial charge on any atom is -0.487 e. The van der Waals surface area contributed by atoms with Gasteiger partial charge in [0, 0.05) is 6.04 Å². The maximum atomic E-state index is 5.84. The largest absolute Gasteiger partial charge is 0.487 e. The summed E-state index contributed by atoms with van der Waals surface area (Å²) in [4.78, 5) is 4.05. The van der Waals surface area contributed by atoms with Crippen molar-refractivity contribution in [3.63, 3.8) is 0 Å². The number of hydrogen-bond donors (Lipinski definition) is 1. The molecule has 0 radical (unpaired) electrons. The lowest BCUT2D eigenvalue weighted by Crippen LogP contribution is -2.51. The average molecular weight is 227 g/mol. The lowest BCUT2D eigenvalue weighted by Gasteiger charge is -2.33. The molecule has 1 N–H and O–H groups in total. The van der Waals surface area contributed by atoms with Crippen molar-refractivity contribution in [2.24, 2.45) is 0 Å². The van der Waals surface area contributed by atoms with Gasteiger partial charge in [0.05, 0.1) is 6.20 Å². The molecule has 0 bridgehead atoms. The smallest absolute Gasteiger partial charge is 0.138 e. The number of nitrogens with one attached hydrogen (secondary N) is 1. The Labute approximate surface area is 94.8 Å². The summed E-state index contributed by atoms with van der Waals surface area (Å²) in [5.41, 5.74) is 0.947. The molecule has 0 spiro atoms. The number of halogens is 1. The first-order valence-corrected chi connectivity index (χ1v) is 5.57. The van der Waals surface area contributed by atoms with Gasteiger partial charge in [-0.2, -0.15) is 0 Å². The standard InChI is InChI=1S/C11H15ClN2O/c1-7-5-9(6-14-11(7)12)15-8(2)10-3-4-13-10/h5-6,8,10,13H,3-4H2,1-2H3/t8?,10-/m0/s1. The third kappa shape index (κ3) is 2.41. The van der Waals surface area contributed by atoms with E-state index >= 15 is 0 Å². The van der Waals surface area contributed by atoms with E-state index in [1.54, 1.807) is 6.20 Å². The van der Waals surface area contributed by atoms with Crippen LogP contribution in [0.25, 0.3) is 0 Å². The van der Waals surface area contributed by atoms with Gasteiger partial charge >= 0.3 is 0 Å². The van der Waals surface area contributed by atoms with Crippen molar-refractivity contribution in [1.82, 2.24) is 10.3 Å². The van der Waals surface area contributed by atoms with E-state index in [2.05, 4.69) is 17.2 Å². The Morgan fingerprint density at radius 2 is 2.40 bits per heavy atom. The Hall–Kier alpha value is -0.800. The average Bonchev–Trinajstić information content (AvgIpc) is 2.08. The van der Waals surface area contributed by atoms with Crippen LogP contribution in [0.3, 0.4) is 0 Å². The molecule has 2 atom stereocenters. The van der Waals surface area contributed by atoms with Gasteiger partial charge in [-0.05, 0) is 38.4 Å². The molecule has 2 rings (SSSR count). The summed E-state index contributed by atoms with van der Waals surface area (Å²) in [5.74, 6) is 0.790. The quantitative estimate of drug-likeness (QED) is 0.803. The maximum Gasteiger partial charge on any atom is 0.138 e. The molecule has 1 unspecified atom stereocenters. The number of rotatable bonds is 3. The van der Waals surface area contributed by atoms with E-state index in [4.69, 9.17) is 16.3 Å². The Bertz CT molecular complexity index is 352. The van der Waals surface area contributed by atoms with Crippen LogP contribution in [0.1, 0.15) is 18.9 Å². The van der Waals surface area contributed by atoms with Crippen molar-refractivity contribution < 1.29 is 4.74 Å². The molecular formula is C11H15ClN2O. The van der Waals surface area contributed by atoms with E-state index in [0.717, 1.165) is 17.9 Å². The van der Waals surface area contributed by atoms with Crippen LogP contribution in [-0.2, 0) is 0 Å². The molecule has 0 aliphatic carbocycles. The normalized spacial score (nSPS) is 21.9. The van der Waals surface area contributed by atoms with E-state index in [1.807, 2.05) is 13.0 Å². The second-order valence-corrected chi connectivity index (χ2v) is 4.31. The highest BCUT2D eigenvalue weighted by molar-refractivity contribution is 6.30. The molecule has 82 valence electrons. The summed E-state index contributed by atoms with van der Waals surface area (Å²) in [6.07, 6.45) is 3.03. The van der Waals surface area contributed by atoms with Gasteiger partial charge in [-0.25, -0.2) is 4.98 Å². The highest BCUT2D eigenvalue weighted by Crippen LogP contribution is 2.20. The van der Waals surface area contributed by atoms with Gasteiger partial charge in [-0.3, -0.25) is 0 Å². The lowest BCUT2D eigenvalue weighted by molar-refractivity contribution is 0.133. The summed E-state index contributed by atoms with van der Waals surface area (Å²) in [7, 11) is 0. The molecule has 1 aliphatic rings. The van der Waals surface area contributed by atoms with Crippen LogP contribution in [0.15, 0.2) is 12.3 Å². The van der Waals surface area contributed by atoms with E-state index in [1.165, 1.54) is 6.42 Å². The van der Waals surface area contributed by atoms with Crippen molar-refractivity contribution in [2.75, 3.05) is 6.54 Å². The number of hydrogen-bond acceptors (Lipinski definition) is 3. The molecule has 0 saturated carbocycles. The predicted molar refractivity (Wildman–Crippen MR) is 60.5 cm³/mol. The third-order valence-electron chi connectivity index (χ3n) is 2.74. The van der Waals surface area contributed by atoms with Crippen LogP contribution in [0.5, 0.6) is 5.75 Å². The van der Waals surface area contributed by atoms with Gasteiger partial charge in [-0.15, -0.1) is 0 Å². The molecule has 1 aromatic rings. The first-order valence-electron chi connectivity index (χ1n) is 5.19. The van der Waals surface area contributed by atoms with Gasteiger partial charge in [0.1, 0.15) is 17.0 Å². The Morgan fingerprint density at radius 1 is 1.67 bits per heavy atom. The van der Waals surface area contributed by atoms with Crippen molar-refractivity contribution in [1.29, 1.82) is 0 Å². The minimum absolute atomic E-state index is 0.182. The fraction of sp³-hybridized carbons (Fsp3) is 0.545. The molecule has 3 nitrogen and oxygen atoms in total. The van der Waals surface area contributed by atoms with E-state index < -0.39 is 0 Å². The molecule has 4 heteroatoms. The van der Waals surface area contributed by atoms with Crippen LogP contribution < -0.4 is 10.1 Å². The first kappa shape index (κ1) is 10.7. The lowest BCUT2D eigenvalue weighted by atomic mass is 10.0. The summed E-state index contributed by atoms with van der Waals surface area (Å²) in [6, 6.07) is 2.39. The van der Waals surface area contributed by atoms with Gasteiger partial charge < -0.3 is 10.1 Å². The molecule has 0 amide bonds. The van der Waals surface area contributed by atoms with Crippen LogP contribution >= 0.6 is 11.6 Å². The molecular weight excluding hydrogens is 212 g/mol. The van der Waals surface area contributed by atoms with Crippen molar-refractivity contribution in [3.05, 3.63) is 23.0 Å². The van der Waals surface area contributed by atoms with Crippen LogP contribution in [0, 0.1) is 6.92 Å². The summed E-state index contributed by atoms with van der Waals surface area (Å²) >= 11 is 5.84. The van der Waals surface area contributed by atoms with E-state index in [-0.39, 0.29) is 6.10 Å². The molecule has 2 heterocycles. The second-order valence-electron chi connectivity index (χ2n) is 3.95.